The average molecular weight is 194 g/mol. The van der Waals surface area contributed by atoms with Crippen LogP contribution in [0.5, 0.6) is 0 Å². The molecule has 1 rings (SSSR count). The van der Waals surface area contributed by atoms with Crippen LogP contribution in [0.2, 0.25) is 0 Å². The van der Waals surface area contributed by atoms with Gasteiger partial charge in [-0.15, -0.1) is 5.10 Å². The molecule has 0 saturated heterocycles. The molecule has 0 aliphatic heterocycles. The van der Waals surface area contributed by atoms with Gasteiger partial charge in [-0.2, -0.15) is 13.2 Å². The summed E-state index contributed by atoms with van der Waals surface area (Å²) in [5.41, 5.74) is 5.28. The molecule has 13 heavy (non-hydrogen) atoms. The molecule has 0 aromatic carbocycles. The topological polar surface area (TPSA) is 56.7 Å². The summed E-state index contributed by atoms with van der Waals surface area (Å²) < 4.78 is 37.3. The summed E-state index contributed by atoms with van der Waals surface area (Å²) >= 11 is 0. The maximum Gasteiger partial charge on any atom is 0.404 e. The van der Waals surface area contributed by atoms with E-state index in [0.29, 0.717) is 5.69 Å². The molecule has 4 nitrogen and oxygen atoms in total. The van der Waals surface area contributed by atoms with Crippen LogP contribution in [0.15, 0.2) is 6.20 Å². The molecule has 1 aromatic rings. The van der Waals surface area contributed by atoms with Gasteiger partial charge in [0.1, 0.15) is 6.04 Å². The Hall–Kier alpha value is -1.11. The van der Waals surface area contributed by atoms with E-state index in [2.05, 4.69) is 10.3 Å². The third-order valence-corrected chi connectivity index (χ3v) is 1.66. The van der Waals surface area contributed by atoms with E-state index in [1.165, 1.54) is 17.9 Å². The Kier molecular flexibility index (Phi) is 2.55. The molecular weight excluding hydrogens is 185 g/mol. The highest BCUT2D eigenvalue weighted by molar-refractivity contribution is 4.97. The Morgan fingerprint density at radius 3 is 2.62 bits per heavy atom. The minimum absolute atomic E-state index is 0.299. The third-order valence-electron chi connectivity index (χ3n) is 1.66. The van der Waals surface area contributed by atoms with Crippen molar-refractivity contribution in [3.05, 3.63) is 11.9 Å². The zero-order valence-electron chi connectivity index (χ0n) is 6.91. The van der Waals surface area contributed by atoms with Gasteiger partial charge in [0.25, 0.3) is 0 Å². The molecule has 0 saturated carbocycles. The largest absolute Gasteiger partial charge is 0.404 e. The highest BCUT2D eigenvalue weighted by Crippen LogP contribution is 2.20. The van der Waals surface area contributed by atoms with Crippen molar-refractivity contribution in [1.82, 2.24) is 15.0 Å². The molecule has 2 N–H and O–H groups in total. The summed E-state index contributed by atoms with van der Waals surface area (Å²) in [6, 6.07) is -1.86. The first-order chi connectivity index (χ1) is 5.91. The number of alkyl halides is 3. The van der Waals surface area contributed by atoms with E-state index in [0.717, 1.165) is 0 Å². The van der Waals surface area contributed by atoms with E-state index >= 15 is 0 Å². The summed E-state index contributed by atoms with van der Waals surface area (Å²) in [7, 11) is 1.52. The van der Waals surface area contributed by atoms with Gasteiger partial charge in [0, 0.05) is 13.5 Å². The molecular formula is C6H9F3N4. The molecule has 0 aliphatic rings. The zero-order valence-corrected chi connectivity index (χ0v) is 6.91. The van der Waals surface area contributed by atoms with Crippen molar-refractivity contribution in [3.8, 4) is 0 Å². The van der Waals surface area contributed by atoms with Crippen molar-refractivity contribution in [2.24, 2.45) is 12.8 Å². The predicted molar refractivity (Wildman–Crippen MR) is 38.7 cm³/mol. The van der Waals surface area contributed by atoms with E-state index in [4.69, 9.17) is 5.73 Å². The summed E-state index contributed by atoms with van der Waals surface area (Å²) in [6.45, 7) is 0. The van der Waals surface area contributed by atoms with Gasteiger partial charge < -0.3 is 5.73 Å². The van der Waals surface area contributed by atoms with Crippen molar-refractivity contribution in [1.29, 1.82) is 0 Å². The highest BCUT2D eigenvalue weighted by Gasteiger charge is 2.37. The number of aryl methyl sites for hydroxylation is 1. The van der Waals surface area contributed by atoms with Crippen LogP contribution >= 0.6 is 0 Å². The summed E-state index contributed by atoms with van der Waals surface area (Å²) in [5.74, 6) is 0. The first kappa shape index (κ1) is 9.97. The lowest BCUT2D eigenvalue weighted by Crippen LogP contribution is -2.39. The Balaban J connectivity index is 2.65. The second kappa shape index (κ2) is 3.33. The van der Waals surface area contributed by atoms with Crippen LogP contribution in [0, 0.1) is 0 Å². The van der Waals surface area contributed by atoms with Gasteiger partial charge in [0.05, 0.1) is 11.9 Å². The second-order valence-corrected chi connectivity index (χ2v) is 2.70. The molecule has 0 aliphatic carbocycles. The number of hydrogen-bond donors (Lipinski definition) is 1. The number of halogens is 3. The molecule has 0 bridgehead atoms. The SMILES string of the molecule is Cn1nncc1CC(N)C(F)(F)F. The Morgan fingerprint density at radius 2 is 2.23 bits per heavy atom. The van der Waals surface area contributed by atoms with Crippen LogP contribution in [0.25, 0.3) is 0 Å². The molecule has 0 radical (unpaired) electrons. The van der Waals surface area contributed by atoms with Crippen LogP contribution in [0.1, 0.15) is 5.69 Å². The lowest BCUT2D eigenvalue weighted by atomic mass is 10.2. The molecule has 74 valence electrons. The zero-order chi connectivity index (χ0) is 10.1. The molecule has 1 heterocycles. The van der Waals surface area contributed by atoms with Gasteiger partial charge in [0.15, 0.2) is 0 Å². The fourth-order valence-electron chi connectivity index (χ4n) is 0.837. The highest BCUT2D eigenvalue weighted by atomic mass is 19.4. The molecule has 1 atom stereocenters. The molecule has 0 spiro atoms. The fraction of sp³-hybridized carbons (Fsp3) is 0.667. The Labute approximate surface area is 72.5 Å². The summed E-state index contributed by atoms with van der Waals surface area (Å²) in [6.07, 6.45) is -3.40. The van der Waals surface area contributed by atoms with Gasteiger partial charge in [0.2, 0.25) is 0 Å². The number of nitrogens with zero attached hydrogens (tertiary/aromatic N) is 3. The van der Waals surface area contributed by atoms with E-state index < -0.39 is 12.2 Å². The van der Waals surface area contributed by atoms with Gasteiger partial charge in [-0.1, -0.05) is 5.21 Å². The van der Waals surface area contributed by atoms with Crippen molar-refractivity contribution < 1.29 is 13.2 Å². The standard InChI is InChI=1S/C6H9F3N4/c1-13-4(3-11-12-13)2-5(10)6(7,8)9/h3,5H,2,10H2,1H3. The predicted octanol–water partition coefficient (Wildman–Crippen LogP) is 0.247. The van der Waals surface area contributed by atoms with E-state index in [1.54, 1.807) is 0 Å². The Morgan fingerprint density at radius 1 is 1.62 bits per heavy atom. The van der Waals surface area contributed by atoms with Gasteiger partial charge in [-0.25, -0.2) is 0 Å². The van der Waals surface area contributed by atoms with E-state index in [-0.39, 0.29) is 6.42 Å². The first-order valence-corrected chi connectivity index (χ1v) is 3.57. The maximum absolute atomic E-state index is 12.0. The molecule has 0 amide bonds. The van der Waals surface area contributed by atoms with Crippen LogP contribution in [-0.4, -0.2) is 27.2 Å². The van der Waals surface area contributed by atoms with Crippen molar-refractivity contribution in [3.63, 3.8) is 0 Å². The Bertz CT molecular complexity index is 280. The first-order valence-electron chi connectivity index (χ1n) is 3.57. The average Bonchev–Trinajstić information content (AvgIpc) is 2.34. The van der Waals surface area contributed by atoms with Crippen LogP contribution in [0.3, 0.4) is 0 Å². The number of aromatic nitrogens is 3. The molecule has 0 fully saturated rings. The second-order valence-electron chi connectivity index (χ2n) is 2.70. The van der Waals surface area contributed by atoms with Crippen LogP contribution in [0.4, 0.5) is 13.2 Å². The van der Waals surface area contributed by atoms with E-state index in [9.17, 15) is 13.2 Å². The number of hydrogen-bond acceptors (Lipinski definition) is 3. The summed E-state index contributed by atoms with van der Waals surface area (Å²) in [4.78, 5) is 0. The van der Waals surface area contributed by atoms with E-state index in [1.807, 2.05) is 0 Å². The smallest absolute Gasteiger partial charge is 0.320 e. The molecule has 7 heteroatoms. The number of rotatable bonds is 2. The van der Waals surface area contributed by atoms with Crippen molar-refractivity contribution >= 4 is 0 Å². The fourth-order valence-corrected chi connectivity index (χ4v) is 0.837. The minimum Gasteiger partial charge on any atom is -0.320 e. The summed E-state index contributed by atoms with van der Waals surface area (Å²) in [5, 5.41) is 6.94. The lowest BCUT2D eigenvalue weighted by Gasteiger charge is -2.14. The van der Waals surface area contributed by atoms with Gasteiger partial charge >= 0.3 is 6.18 Å². The quantitative estimate of drug-likeness (QED) is 0.734. The van der Waals surface area contributed by atoms with Crippen LogP contribution in [-0.2, 0) is 13.5 Å². The molecule has 1 unspecified atom stereocenters. The monoisotopic (exact) mass is 194 g/mol. The van der Waals surface area contributed by atoms with Crippen molar-refractivity contribution in [2.45, 2.75) is 18.6 Å². The van der Waals surface area contributed by atoms with Crippen LogP contribution < -0.4 is 5.73 Å². The molecule has 1 aromatic heterocycles. The normalized spacial score (nSPS) is 14.5. The third kappa shape index (κ3) is 2.41. The van der Waals surface area contributed by atoms with Gasteiger partial charge in [-0.3, -0.25) is 4.68 Å². The van der Waals surface area contributed by atoms with Gasteiger partial charge in [-0.05, 0) is 0 Å². The minimum atomic E-state index is -4.37. The van der Waals surface area contributed by atoms with Crippen molar-refractivity contribution in [2.75, 3.05) is 0 Å². The lowest BCUT2D eigenvalue weighted by molar-refractivity contribution is -0.147. The number of nitrogens with two attached hydrogens (primary N) is 1. The maximum atomic E-state index is 12.0.